The minimum atomic E-state index is 0.108. The van der Waals surface area contributed by atoms with E-state index in [0.717, 1.165) is 30.9 Å². The van der Waals surface area contributed by atoms with Gasteiger partial charge in [-0.25, -0.2) is 0 Å². The molecule has 3 rings (SSSR count). The van der Waals surface area contributed by atoms with Gasteiger partial charge in [-0.2, -0.15) is 0 Å². The largest absolute Gasteiger partial charge is 0.454 e. The lowest BCUT2D eigenvalue weighted by atomic mass is 9.89. The Bertz CT molecular complexity index is 486. The van der Waals surface area contributed by atoms with Gasteiger partial charge in [-0.15, -0.1) is 0 Å². The highest BCUT2D eigenvalue weighted by molar-refractivity contribution is 5.44. The normalized spacial score (nSPS) is 21.2. The highest BCUT2D eigenvalue weighted by Crippen LogP contribution is 2.33. The second-order valence-electron chi connectivity index (χ2n) is 6.44. The summed E-state index contributed by atoms with van der Waals surface area (Å²) in [4.78, 5) is 2.59. The summed E-state index contributed by atoms with van der Waals surface area (Å²) >= 11 is 0. The lowest BCUT2D eigenvalue weighted by Gasteiger charge is -2.43. The first-order valence-electron chi connectivity index (χ1n) is 8.05. The number of hydrogen-bond acceptors (Lipinski definition) is 4. The molecule has 0 saturated carbocycles. The van der Waals surface area contributed by atoms with Gasteiger partial charge in [0.2, 0.25) is 6.79 Å². The number of likely N-dealkylation sites (tertiary alicyclic amines) is 1. The molecule has 116 valence electrons. The van der Waals surface area contributed by atoms with Crippen LogP contribution in [0.15, 0.2) is 18.2 Å². The van der Waals surface area contributed by atoms with Crippen LogP contribution in [-0.4, -0.2) is 36.9 Å². The number of nitrogens with two attached hydrogens (primary N) is 1. The van der Waals surface area contributed by atoms with E-state index in [1.165, 1.54) is 37.9 Å². The minimum absolute atomic E-state index is 0.108. The fourth-order valence-electron chi connectivity index (χ4n) is 3.33. The Morgan fingerprint density at radius 3 is 2.67 bits per heavy atom. The number of benzene rings is 1. The highest BCUT2D eigenvalue weighted by Gasteiger charge is 2.31. The van der Waals surface area contributed by atoms with Crippen molar-refractivity contribution in [2.75, 3.05) is 26.4 Å². The van der Waals surface area contributed by atoms with Gasteiger partial charge in [0.05, 0.1) is 0 Å². The Balaban J connectivity index is 1.64. The topological polar surface area (TPSA) is 47.7 Å². The van der Waals surface area contributed by atoms with Gasteiger partial charge in [-0.1, -0.05) is 12.5 Å². The van der Waals surface area contributed by atoms with Crippen LogP contribution < -0.4 is 15.2 Å². The third-order valence-electron chi connectivity index (χ3n) is 4.95. The highest BCUT2D eigenvalue weighted by atomic mass is 16.7. The summed E-state index contributed by atoms with van der Waals surface area (Å²) in [5.74, 6) is 1.73. The number of hydrogen-bond donors (Lipinski definition) is 1. The molecule has 0 spiro atoms. The van der Waals surface area contributed by atoms with Gasteiger partial charge in [0, 0.05) is 12.1 Å². The molecule has 4 nitrogen and oxygen atoms in total. The Morgan fingerprint density at radius 1 is 1.14 bits per heavy atom. The molecule has 2 aliphatic rings. The molecule has 2 N–H and O–H groups in total. The first-order chi connectivity index (χ1) is 10.2. The van der Waals surface area contributed by atoms with Gasteiger partial charge in [0.15, 0.2) is 11.5 Å². The fraction of sp³-hybridized carbons (Fsp3) is 0.647. The summed E-state index contributed by atoms with van der Waals surface area (Å²) in [5, 5.41) is 0. The quantitative estimate of drug-likeness (QED) is 0.905. The fourth-order valence-corrected chi connectivity index (χ4v) is 3.33. The lowest BCUT2D eigenvalue weighted by molar-refractivity contribution is 0.0797. The molecule has 0 radical (unpaired) electrons. The van der Waals surface area contributed by atoms with Gasteiger partial charge in [0.1, 0.15) is 0 Å². The maximum absolute atomic E-state index is 6.11. The molecule has 0 aromatic heterocycles. The van der Waals surface area contributed by atoms with Crippen molar-refractivity contribution >= 4 is 0 Å². The van der Waals surface area contributed by atoms with Crippen LogP contribution in [0.1, 0.15) is 38.2 Å². The zero-order valence-corrected chi connectivity index (χ0v) is 12.9. The monoisotopic (exact) mass is 290 g/mol. The third kappa shape index (κ3) is 3.16. The number of ether oxygens (including phenoxy) is 2. The average Bonchev–Trinajstić information content (AvgIpc) is 3.01. The van der Waals surface area contributed by atoms with E-state index in [4.69, 9.17) is 15.2 Å². The summed E-state index contributed by atoms with van der Waals surface area (Å²) in [6, 6.07) is 6.26. The molecular weight excluding hydrogens is 264 g/mol. The maximum Gasteiger partial charge on any atom is 0.231 e. The molecular formula is C17H26N2O2. The first kappa shape index (κ1) is 14.7. The Labute approximate surface area is 127 Å². The van der Waals surface area contributed by atoms with Crippen LogP contribution in [0.2, 0.25) is 0 Å². The zero-order valence-electron chi connectivity index (χ0n) is 12.9. The summed E-state index contributed by atoms with van der Waals surface area (Å²) in [6.07, 6.45) is 6.09. The minimum Gasteiger partial charge on any atom is -0.454 e. The van der Waals surface area contributed by atoms with Crippen molar-refractivity contribution in [1.82, 2.24) is 4.90 Å². The van der Waals surface area contributed by atoms with E-state index >= 15 is 0 Å². The van der Waals surface area contributed by atoms with Gasteiger partial charge in [-0.3, -0.25) is 4.90 Å². The molecule has 1 unspecified atom stereocenters. The van der Waals surface area contributed by atoms with Crippen molar-refractivity contribution in [3.05, 3.63) is 23.8 Å². The van der Waals surface area contributed by atoms with Crippen LogP contribution in [0.5, 0.6) is 11.5 Å². The predicted molar refractivity (Wildman–Crippen MR) is 83.8 cm³/mol. The van der Waals surface area contributed by atoms with E-state index in [2.05, 4.69) is 24.0 Å². The molecule has 1 aromatic rings. The first-order valence-corrected chi connectivity index (χ1v) is 8.05. The Morgan fingerprint density at radius 2 is 1.90 bits per heavy atom. The third-order valence-corrected chi connectivity index (χ3v) is 4.95. The summed E-state index contributed by atoms with van der Waals surface area (Å²) in [5.41, 5.74) is 7.52. The zero-order chi connectivity index (χ0) is 14.7. The van der Waals surface area contributed by atoms with Crippen LogP contribution >= 0.6 is 0 Å². The van der Waals surface area contributed by atoms with Gasteiger partial charge in [-0.05, 0) is 63.4 Å². The molecule has 1 aromatic carbocycles. The molecule has 4 heteroatoms. The number of aryl methyl sites for hydroxylation is 1. The van der Waals surface area contributed by atoms with Crippen molar-refractivity contribution in [2.24, 2.45) is 5.73 Å². The second-order valence-corrected chi connectivity index (χ2v) is 6.44. The van der Waals surface area contributed by atoms with Gasteiger partial charge < -0.3 is 15.2 Å². The van der Waals surface area contributed by atoms with E-state index in [0.29, 0.717) is 6.79 Å². The van der Waals surface area contributed by atoms with Gasteiger partial charge >= 0.3 is 0 Å². The van der Waals surface area contributed by atoms with E-state index in [9.17, 15) is 0 Å². The number of piperidine rings is 1. The number of rotatable bonds is 5. The molecule has 0 aliphatic carbocycles. The van der Waals surface area contributed by atoms with E-state index in [-0.39, 0.29) is 5.54 Å². The summed E-state index contributed by atoms with van der Waals surface area (Å²) in [7, 11) is 0. The summed E-state index contributed by atoms with van der Waals surface area (Å²) < 4.78 is 10.8. The molecule has 1 atom stereocenters. The van der Waals surface area contributed by atoms with Crippen LogP contribution in [0.4, 0.5) is 0 Å². The Kier molecular flexibility index (Phi) is 4.36. The smallest absolute Gasteiger partial charge is 0.231 e. The van der Waals surface area contributed by atoms with Crippen LogP contribution in [0.25, 0.3) is 0 Å². The number of fused-ring (bicyclic) bond motifs is 1. The van der Waals surface area contributed by atoms with Crippen molar-refractivity contribution < 1.29 is 9.47 Å². The van der Waals surface area contributed by atoms with Crippen molar-refractivity contribution in [2.45, 2.75) is 44.6 Å². The second kappa shape index (κ2) is 6.24. The van der Waals surface area contributed by atoms with Crippen molar-refractivity contribution in [3.63, 3.8) is 0 Å². The molecule has 1 fully saturated rings. The van der Waals surface area contributed by atoms with Gasteiger partial charge in [0.25, 0.3) is 0 Å². The Hall–Kier alpha value is -1.26. The molecule has 21 heavy (non-hydrogen) atoms. The molecule has 1 saturated heterocycles. The lowest BCUT2D eigenvalue weighted by Crippen LogP contribution is -2.53. The van der Waals surface area contributed by atoms with E-state index in [1.54, 1.807) is 0 Å². The molecule has 2 aliphatic heterocycles. The van der Waals surface area contributed by atoms with Crippen LogP contribution in [0.3, 0.4) is 0 Å². The maximum atomic E-state index is 6.11. The predicted octanol–water partition coefficient (Wildman–Crippen LogP) is 2.55. The van der Waals surface area contributed by atoms with Crippen LogP contribution in [0, 0.1) is 0 Å². The van der Waals surface area contributed by atoms with E-state index < -0.39 is 0 Å². The summed E-state index contributed by atoms with van der Waals surface area (Å²) in [6.45, 7) is 5.75. The molecule has 0 amide bonds. The molecule has 0 bridgehead atoms. The molecule has 2 heterocycles. The average molecular weight is 290 g/mol. The van der Waals surface area contributed by atoms with Crippen molar-refractivity contribution in [3.8, 4) is 11.5 Å². The van der Waals surface area contributed by atoms with Crippen molar-refractivity contribution in [1.29, 1.82) is 0 Å². The standard InChI is InChI=1S/C17H26N2O2/c1-17(12-18,19-9-3-2-4-10-19)8-7-14-5-6-15-16(11-14)21-13-20-15/h5-6,11H,2-4,7-10,12-13,18H2,1H3. The SMILES string of the molecule is CC(CN)(CCc1ccc2c(c1)OCO2)N1CCCCC1. The van der Waals surface area contributed by atoms with Crippen LogP contribution in [-0.2, 0) is 6.42 Å². The van der Waals surface area contributed by atoms with E-state index in [1.807, 2.05) is 6.07 Å². The number of nitrogens with zero attached hydrogens (tertiary/aromatic N) is 1.